The zero-order chi connectivity index (χ0) is 15.0. The topological polar surface area (TPSA) is 8.81 Å². The largest absolute Gasteiger partial charge is 0.331 e. The van der Waals surface area contributed by atoms with Gasteiger partial charge < -0.3 is 10.6 Å². The number of hydrogen-bond donors (Lipinski definition) is 0. The fraction of sp³-hybridized carbons (Fsp3) is 0.211. The van der Waals surface area contributed by atoms with Crippen molar-refractivity contribution in [2.75, 3.05) is 0 Å². The Morgan fingerprint density at radius 1 is 1.18 bits per heavy atom. The van der Waals surface area contributed by atoms with E-state index in [9.17, 15) is 0 Å². The second-order valence-corrected chi connectivity index (χ2v) is 5.33. The Morgan fingerprint density at radius 2 is 1.91 bits per heavy atom. The molecule has 2 aromatic heterocycles. The molecule has 0 amide bonds. The molecule has 0 saturated carbocycles. The van der Waals surface area contributed by atoms with E-state index in [1.807, 2.05) is 6.92 Å². The molecular weight excluding hydrogens is 345 g/mol. The van der Waals surface area contributed by atoms with Gasteiger partial charge in [0, 0.05) is 32.7 Å². The summed E-state index contributed by atoms with van der Waals surface area (Å²) in [6.07, 6.45) is 5.32. The van der Waals surface area contributed by atoms with Crippen molar-refractivity contribution in [1.29, 1.82) is 0 Å². The van der Waals surface area contributed by atoms with Crippen molar-refractivity contribution < 1.29 is 37.3 Å². The van der Waals surface area contributed by atoms with E-state index in [1.54, 1.807) is 0 Å². The van der Waals surface area contributed by atoms with E-state index in [4.69, 9.17) is 0 Å². The molecule has 2 nitrogen and oxygen atoms in total. The summed E-state index contributed by atoms with van der Waals surface area (Å²) in [5.74, 6) is 0. The van der Waals surface area contributed by atoms with Crippen LogP contribution in [0.15, 0.2) is 42.6 Å². The molecule has 109 valence electrons. The molecule has 1 radical (unpaired) electrons. The van der Waals surface area contributed by atoms with Gasteiger partial charge >= 0.3 is 0 Å². The number of nitrogens with zero attached hydrogens (tertiary/aromatic N) is 2. The number of hydrogen-bond acceptors (Lipinski definition) is 0. The van der Waals surface area contributed by atoms with Gasteiger partial charge in [-0.2, -0.15) is 6.07 Å². The summed E-state index contributed by atoms with van der Waals surface area (Å²) in [4.78, 5) is 0. The van der Waals surface area contributed by atoms with Gasteiger partial charge in [-0.05, 0) is 18.6 Å². The fourth-order valence-electron chi connectivity index (χ4n) is 2.70. The number of benzene rings is 1. The van der Waals surface area contributed by atoms with Crippen LogP contribution in [0.1, 0.15) is 25.1 Å². The van der Waals surface area contributed by atoms with E-state index >= 15 is 0 Å². The van der Waals surface area contributed by atoms with Gasteiger partial charge in [-0.15, -0.1) is 25.6 Å². The quantitative estimate of drug-likeness (QED) is 0.483. The van der Waals surface area contributed by atoms with Gasteiger partial charge in [-0.25, -0.2) is 0 Å². The van der Waals surface area contributed by atoms with E-state index in [1.165, 1.54) is 11.3 Å². The van der Waals surface area contributed by atoms with Crippen molar-refractivity contribution in [3.8, 4) is 5.69 Å². The van der Waals surface area contributed by atoms with Gasteiger partial charge in [-0.3, -0.25) is 10.1 Å². The van der Waals surface area contributed by atoms with Gasteiger partial charge in [0.1, 0.15) is 5.69 Å². The molecule has 3 aromatic rings. The number of fused-ring (bicyclic) bond motifs is 1. The van der Waals surface area contributed by atoms with Crippen LogP contribution in [-0.2, 0) is 39.8 Å². The van der Waals surface area contributed by atoms with Crippen molar-refractivity contribution >= 4 is 16.6 Å². The molecule has 0 bridgehead atoms. The van der Waals surface area contributed by atoms with Gasteiger partial charge in [0.25, 0.3) is 0 Å². The van der Waals surface area contributed by atoms with Crippen LogP contribution in [0.3, 0.4) is 0 Å². The molecule has 3 rings (SSSR count). The first-order valence-corrected chi connectivity index (χ1v) is 7.13. The maximum Gasteiger partial charge on any atom is 0.193 e. The van der Waals surface area contributed by atoms with Crippen molar-refractivity contribution in [2.24, 2.45) is 7.05 Å². The van der Waals surface area contributed by atoms with Gasteiger partial charge in [-0.1, -0.05) is 29.7 Å². The van der Waals surface area contributed by atoms with Crippen molar-refractivity contribution in [2.45, 2.75) is 20.8 Å². The molecular formula is C19H19N2Y-. The molecule has 0 atom stereocenters. The third kappa shape index (κ3) is 2.82. The van der Waals surface area contributed by atoms with Gasteiger partial charge in [0.15, 0.2) is 5.65 Å². The molecule has 0 aliphatic carbocycles. The Hall–Kier alpha value is -1.25. The van der Waals surface area contributed by atoms with E-state index in [-0.39, 0.29) is 32.7 Å². The van der Waals surface area contributed by atoms with Crippen LogP contribution in [0.2, 0.25) is 0 Å². The average molecular weight is 364 g/mol. The molecule has 0 fully saturated rings. The van der Waals surface area contributed by atoms with E-state index in [0.29, 0.717) is 0 Å². The van der Waals surface area contributed by atoms with E-state index < -0.39 is 0 Å². The van der Waals surface area contributed by atoms with Gasteiger partial charge in [0.2, 0.25) is 0 Å². The van der Waals surface area contributed by atoms with Crippen LogP contribution < -0.4 is 4.57 Å². The molecule has 0 aliphatic rings. The second-order valence-electron chi connectivity index (χ2n) is 5.33. The standard InChI is InChI=1S/C19H19N2.Y/c1-5-14(2)18-13-16-10-8-12-20(4)19(16)21(18)17-11-7-6-9-15(17)3;/h6-12H,1-4H3;/q-1;. The first-order chi connectivity index (χ1) is 10.1. The molecule has 3 heteroatoms. The number of pyridine rings is 1. The molecule has 0 N–H and O–H groups in total. The first kappa shape index (κ1) is 17.1. The van der Waals surface area contributed by atoms with E-state index in [0.717, 1.165) is 22.3 Å². The normalized spacial score (nSPS) is 11.5. The van der Waals surface area contributed by atoms with E-state index in [2.05, 4.69) is 84.8 Å². The maximum atomic E-state index is 3.52. The zero-order valence-corrected chi connectivity index (χ0v) is 16.4. The maximum absolute atomic E-state index is 3.52. The predicted molar refractivity (Wildman–Crippen MR) is 86.0 cm³/mol. The van der Waals surface area contributed by atoms with Crippen LogP contribution in [0, 0.1) is 19.1 Å². The monoisotopic (exact) mass is 364 g/mol. The van der Waals surface area contributed by atoms with Crippen molar-refractivity contribution in [3.05, 3.63) is 66.0 Å². The van der Waals surface area contributed by atoms with Crippen molar-refractivity contribution in [3.63, 3.8) is 0 Å². The number of allylic oxidation sites excluding steroid dienone is 2. The number of aromatic nitrogens is 2. The van der Waals surface area contributed by atoms with Crippen LogP contribution in [-0.4, -0.2) is 4.57 Å². The molecule has 22 heavy (non-hydrogen) atoms. The summed E-state index contributed by atoms with van der Waals surface area (Å²) < 4.78 is 4.42. The summed E-state index contributed by atoms with van der Waals surface area (Å²) in [5.41, 5.74) is 5.77. The summed E-state index contributed by atoms with van der Waals surface area (Å²) in [5, 5.41) is 1.12. The van der Waals surface area contributed by atoms with Crippen LogP contribution in [0.25, 0.3) is 22.3 Å². The minimum absolute atomic E-state index is 0. The SMILES string of the molecule is C[C-]=C(C)c1[c-]c2ccc[n+](C)c2n1-c1ccccc1C.[Y]. The minimum Gasteiger partial charge on any atom is -0.331 e. The van der Waals surface area contributed by atoms with Crippen molar-refractivity contribution in [1.82, 2.24) is 4.57 Å². The average Bonchev–Trinajstić information content (AvgIpc) is 2.87. The molecule has 0 spiro atoms. The Kier molecular flexibility index (Phi) is 5.36. The molecule has 0 unspecified atom stereocenters. The van der Waals surface area contributed by atoms with Crippen LogP contribution in [0.5, 0.6) is 0 Å². The van der Waals surface area contributed by atoms with Crippen LogP contribution in [0.4, 0.5) is 0 Å². The Labute approximate surface area is 157 Å². The number of rotatable bonds is 2. The third-order valence-electron chi connectivity index (χ3n) is 3.92. The number of aryl methyl sites for hydroxylation is 2. The molecule has 0 aliphatic heterocycles. The summed E-state index contributed by atoms with van der Waals surface area (Å²) >= 11 is 0. The molecule has 0 saturated heterocycles. The second kappa shape index (κ2) is 6.89. The third-order valence-corrected chi connectivity index (χ3v) is 3.92. The fourth-order valence-corrected chi connectivity index (χ4v) is 2.70. The molecule has 2 heterocycles. The van der Waals surface area contributed by atoms with Crippen LogP contribution >= 0.6 is 0 Å². The molecule has 1 aromatic carbocycles. The number of para-hydroxylation sites is 1. The Morgan fingerprint density at radius 3 is 2.59 bits per heavy atom. The Bertz CT molecular complexity index is 844. The minimum atomic E-state index is 0. The smallest absolute Gasteiger partial charge is 0.193 e. The Balaban J connectivity index is 0.00000176. The predicted octanol–water partition coefficient (Wildman–Crippen LogP) is 3.79. The summed E-state index contributed by atoms with van der Waals surface area (Å²) in [6.45, 7) is 6.17. The van der Waals surface area contributed by atoms with Gasteiger partial charge in [0.05, 0.1) is 13.2 Å². The first-order valence-electron chi connectivity index (χ1n) is 7.13. The summed E-state index contributed by atoms with van der Waals surface area (Å²) in [7, 11) is 2.07. The summed E-state index contributed by atoms with van der Waals surface area (Å²) in [6, 6.07) is 16.1. The zero-order valence-electron chi connectivity index (χ0n) is 13.5.